The maximum Gasteiger partial charge on any atom is 0.254 e. The van der Waals surface area contributed by atoms with Crippen molar-refractivity contribution in [3.63, 3.8) is 0 Å². The maximum absolute atomic E-state index is 13.4. The van der Waals surface area contributed by atoms with Crippen molar-refractivity contribution in [2.45, 2.75) is 31.4 Å². The van der Waals surface area contributed by atoms with Crippen LogP contribution < -0.4 is 5.32 Å². The number of benzene rings is 1. The van der Waals surface area contributed by atoms with E-state index in [-0.39, 0.29) is 16.2 Å². The van der Waals surface area contributed by atoms with Crippen LogP contribution in [0.4, 0.5) is 4.39 Å². The number of hydrogen-bond acceptors (Lipinski definition) is 2. The van der Waals surface area contributed by atoms with Crippen LogP contribution in [0.3, 0.4) is 0 Å². The minimum atomic E-state index is -0.474. The van der Waals surface area contributed by atoms with Crippen molar-refractivity contribution >= 4 is 17.7 Å². The summed E-state index contributed by atoms with van der Waals surface area (Å²) in [6, 6.07) is 6.05. The Bertz CT molecular complexity index is 396. The monoisotopic (exact) mass is 269 g/mol. The summed E-state index contributed by atoms with van der Waals surface area (Å²) >= 11 is 1.75. The topological polar surface area (TPSA) is 29.1 Å². The zero-order valence-electron chi connectivity index (χ0n) is 11.1. The number of hydrogen-bond donors (Lipinski definition) is 1. The SMILES string of the molecule is CCC(CC)(CNC(=O)c1ccccc1F)SC. The van der Waals surface area contributed by atoms with Gasteiger partial charge in [-0.25, -0.2) is 4.39 Å². The molecule has 0 radical (unpaired) electrons. The molecule has 0 spiro atoms. The fourth-order valence-corrected chi connectivity index (χ4v) is 2.64. The number of rotatable bonds is 6. The van der Waals surface area contributed by atoms with Crippen LogP contribution in [0.2, 0.25) is 0 Å². The lowest BCUT2D eigenvalue weighted by Gasteiger charge is -2.29. The fourth-order valence-electron chi connectivity index (χ4n) is 1.84. The molecule has 0 saturated heterocycles. The largest absolute Gasteiger partial charge is 0.351 e. The van der Waals surface area contributed by atoms with Crippen molar-refractivity contribution in [3.05, 3.63) is 35.6 Å². The highest BCUT2D eigenvalue weighted by Gasteiger charge is 2.25. The van der Waals surface area contributed by atoms with Gasteiger partial charge in [0.1, 0.15) is 5.82 Å². The van der Waals surface area contributed by atoms with Gasteiger partial charge in [0.2, 0.25) is 0 Å². The van der Waals surface area contributed by atoms with E-state index in [1.807, 2.05) is 6.26 Å². The summed E-state index contributed by atoms with van der Waals surface area (Å²) in [5, 5.41) is 2.83. The molecule has 0 bridgehead atoms. The van der Waals surface area contributed by atoms with Crippen molar-refractivity contribution in [1.82, 2.24) is 5.32 Å². The molecule has 1 N–H and O–H groups in total. The zero-order chi connectivity index (χ0) is 13.6. The number of carbonyl (C=O) groups excluding carboxylic acids is 1. The first kappa shape index (κ1) is 15.0. The van der Waals surface area contributed by atoms with Gasteiger partial charge < -0.3 is 5.32 Å². The molecule has 0 unspecified atom stereocenters. The second-order valence-corrected chi connectivity index (χ2v) is 5.53. The van der Waals surface area contributed by atoms with Gasteiger partial charge >= 0.3 is 0 Å². The third-order valence-electron chi connectivity index (χ3n) is 3.41. The normalized spacial score (nSPS) is 11.3. The average Bonchev–Trinajstić information content (AvgIpc) is 2.41. The molecule has 18 heavy (non-hydrogen) atoms. The number of thioether (sulfide) groups is 1. The van der Waals surface area contributed by atoms with E-state index in [0.29, 0.717) is 6.54 Å². The van der Waals surface area contributed by atoms with Gasteiger partial charge in [0.25, 0.3) is 5.91 Å². The highest BCUT2D eigenvalue weighted by atomic mass is 32.2. The smallest absolute Gasteiger partial charge is 0.254 e. The molecule has 2 nitrogen and oxygen atoms in total. The Hall–Kier alpha value is -1.03. The first-order chi connectivity index (χ1) is 8.58. The van der Waals surface area contributed by atoms with Gasteiger partial charge in [-0.1, -0.05) is 26.0 Å². The molecule has 0 atom stereocenters. The van der Waals surface area contributed by atoms with E-state index >= 15 is 0 Å². The summed E-state index contributed by atoms with van der Waals surface area (Å²) < 4.78 is 13.5. The van der Waals surface area contributed by atoms with E-state index in [0.717, 1.165) is 12.8 Å². The van der Waals surface area contributed by atoms with Crippen LogP contribution in [-0.2, 0) is 0 Å². The van der Waals surface area contributed by atoms with E-state index in [9.17, 15) is 9.18 Å². The highest BCUT2D eigenvalue weighted by Crippen LogP contribution is 2.29. The fraction of sp³-hybridized carbons (Fsp3) is 0.500. The lowest BCUT2D eigenvalue weighted by atomic mass is 10.0. The number of amides is 1. The van der Waals surface area contributed by atoms with Crippen LogP contribution in [0.5, 0.6) is 0 Å². The van der Waals surface area contributed by atoms with Crippen LogP contribution in [0.25, 0.3) is 0 Å². The van der Waals surface area contributed by atoms with Crippen molar-refractivity contribution in [2.24, 2.45) is 0 Å². The summed E-state index contributed by atoms with van der Waals surface area (Å²) in [6.45, 7) is 4.78. The molecule has 0 aliphatic rings. The third kappa shape index (κ3) is 3.48. The molecule has 1 aromatic carbocycles. The summed E-state index contributed by atoms with van der Waals surface area (Å²) in [4.78, 5) is 11.9. The van der Waals surface area contributed by atoms with E-state index in [2.05, 4.69) is 19.2 Å². The molecule has 1 aromatic rings. The minimum absolute atomic E-state index is 0.0426. The van der Waals surface area contributed by atoms with Crippen LogP contribution in [-0.4, -0.2) is 23.5 Å². The first-order valence-corrected chi connectivity index (χ1v) is 7.39. The molecule has 0 fully saturated rings. The average molecular weight is 269 g/mol. The molecule has 0 aliphatic carbocycles. The molecule has 1 rings (SSSR count). The standard InChI is InChI=1S/C14H20FNOS/c1-4-14(5-2,18-3)10-16-13(17)11-8-6-7-9-12(11)15/h6-9H,4-5,10H2,1-3H3,(H,16,17). The highest BCUT2D eigenvalue weighted by molar-refractivity contribution is 8.00. The maximum atomic E-state index is 13.4. The van der Waals surface area contributed by atoms with Crippen molar-refractivity contribution in [2.75, 3.05) is 12.8 Å². The quantitative estimate of drug-likeness (QED) is 0.856. The molecule has 0 aromatic heterocycles. The summed E-state index contributed by atoms with van der Waals surface area (Å²) in [5.41, 5.74) is 0.111. The molecular formula is C14H20FNOS. The molecule has 0 aliphatic heterocycles. The van der Waals surface area contributed by atoms with Crippen molar-refractivity contribution < 1.29 is 9.18 Å². The minimum Gasteiger partial charge on any atom is -0.351 e. The first-order valence-electron chi connectivity index (χ1n) is 6.16. The van der Waals surface area contributed by atoms with Gasteiger partial charge in [-0.3, -0.25) is 4.79 Å². The van der Waals surface area contributed by atoms with Crippen LogP contribution in [0.15, 0.2) is 24.3 Å². The van der Waals surface area contributed by atoms with E-state index < -0.39 is 5.82 Å². The van der Waals surface area contributed by atoms with Gasteiger partial charge in [0.15, 0.2) is 0 Å². The molecule has 0 heterocycles. The third-order valence-corrected chi connectivity index (χ3v) is 5.00. The zero-order valence-corrected chi connectivity index (χ0v) is 11.9. The molecule has 100 valence electrons. The molecule has 4 heteroatoms. The van der Waals surface area contributed by atoms with Crippen LogP contribution >= 0.6 is 11.8 Å². The van der Waals surface area contributed by atoms with Gasteiger partial charge in [-0.05, 0) is 31.2 Å². The van der Waals surface area contributed by atoms with Crippen molar-refractivity contribution in [1.29, 1.82) is 0 Å². The van der Waals surface area contributed by atoms with E-state index in [1.165, 1.54) is 12.1 Å². The predicted octanol–water partition coefficient (Wildman–Crippen LogP) is 3.48. The number of carbonyl (C=O) groups is 1. The second kappa shape index (κ2) is 6.78. The Morgan fingerprint density at radius 3 is 2.44 bits per heavy atom. The predicted molar refractivity (Wildman–Crippen MR) is 75.6 cm³/mol. The Balaban J connectivity index is 2.69. The lowest BCUT2D eigenvalue weighted by Crippen LogP contribution is -2.39. The molecular weight excluding hydrogens is 249 g/mol. The summed E-state index contributed by atoms with van der Waals surface area (Å²) in [5.74, 6) is -0.814. The van der Waals surface area contributed by atoms with Gasteiger partial charge in [-0.15, -0.1) is 0 Å². The van der Waals surface area contributed by atoms with Gasteiger partial charge in [0.05, 0.1) is 5.56 Å². The Morgan fingerprint density at radius 2 is 1.94 bits per heavy atom. The lowest BCUT2D eigenvalue weighted by molar-refractivity contribution is 0.0945. The molecule has 0 saturated carbocycles. The summed E-state index contributed by atoms with van der Waals surface area (Å²) in [7, 11) is 0. The van der Waals surface area contributed by atoms with Crippen molar-refractivity contribution in [3.8, 4) is 0 Å². The van der Waals surface area contributed by atoms with Gasteiger partial charge in [0, 0.05) is 11.3 Å². The number of halogens is 1. The van der Waals surface area contributed by atoms with Crippen LogP contribution in [0, 0.1) is 5.82 Å². The summed E-state index contributed by atoms with van der Waals surface area (Å²) in [6.07, 6.45) is 3.99. The molecule has 1 amide bonds. The second-order valence-electron chi connectivity index (χ2n) is 4.26. The van der Waals surface area contributed by atoms with E-state index in [1.54, 1.807) is 23.9 Å². The Kier molecular flexibility index (Phi) is 5.66. The van der Waals surface area contributed by atoms with Crippen LogP contribution in [0.1, 0.15) is 37.0 Å². The van der Waals surface area contributed by atoms with E-state index in [4.69, 9.17) is 0 Å². The van der Waals surface area contributed by atoms with Gasteiger partial charge in [-0.2, -0.15) is 11.8 Å². The Labute approximate surface area is 112 Å². The Morgan fingerprint density at radius 1 is 1.33 bits per heavy atom. The number of nitrogens with one attached hydrogen (secondary N) is 1.